The van der Waals surface area contributed by atoms with Crippen molar-refractivity contribution >= 4 is 23.2 Å². The van der Waals surface area contributed by atoms with Crippen LogP contribution in [0.3, 0.4) is 0 Å². The molecule has 2 aromatic carbocycles. The van der Waals surface area contributed by atoms with Crippen molar-refractivity contribution in [1.29, 1.82) is 0 Å². The molecule has 1 N–H and O–H groups in total. The molecule has 2 rings (SSSR count). The fourth-order valence-corrected chi connectivity index (χ4v) is 2.83. The highest BCUT2D eigenvalue weighted by atomic mass is 16.2. The number of anilines is 2. The van der Waals surface area contributed by atoms with Crippen molar-refractivity contribution in [1.82, 2.24) is 0 Å². The summed E-state index contributed by atoms with van der Waals surface area (Å²) < 4.78 is 0. The summed E-state index contributed by atoms with van der Waals surface area (Å²) in [6.45, 7) is 8.07. The van der Waals surface area contributed by atoms with E-state index in [4.69, 9.17) is 0 Å². The summed E-state index contributed by atoms with van der Waals surface area (Å²) in [6.07, 6.45) is 0.250. The lowest BCUT2D eigenvalue weighted by molar-refractivity contribution is -0.117. The van der Waals surface area contributed by atoms with E-state index in [-0.39, 0.29) is 18.2 Å². The molecule has 0 fully saturated rings. The Morgan fingerprint density at radius 1 is 1.08 bits per heavy atom. The normalized spacial score (nSPS) is 10.6. The molecule has 0 saturated carbocycles. The van der Waals surface area contributed by atoms with Crippen LogP contribution in [0.5, 0.6) is 0 Å². The SMILES string of the molecule is CC(=O)N(CCC(=O)Nc1cccc(C)c1)c1ccccc1C(C)C. The monoisotopic (exact) mass is 338 g/mol. The van der Waals surface area contributed by atoms with Crippen LogP contribution in [-0.2, 0) is 9.59 Å². The maximum atomic E-state index is 12.3. The van der Waals surface area contributed by atoms with Crippen LogP contribution in [0.2, 0.25) is 0 Å². The van der Waals surface area contributed by atoms with Crippen LogP contribution >= 0.6 is 0 Å². The second-order valence-corrected chi connectivity index (χ2v) is 6.55. The molecule has 0 aromatic heterocycles. The van der Waals surface area contributed by atoms with Gasteiger partial charge in [0.25, 0.3) is 0 Å². The molecule has 0 aliphatic carbocycles. The van der Waals surface area contributed by atoms with Gasteiger partial charge in [0.05, 0.1) is 0 Å². The predicted molar refractivity (Wildman–Crippen MR) is 103 cm³/mol. The van der Waals surface area contributed by atoms with Gasteiger partial charge >= 0.3 is 0 Å². The summed E-state index contributed by atoms with van der Waals surface area (Å²) in [5.74, 6) is 0.148. The van der Waals surface area contributed by atoms with Crippen molar-refractivity contribution in [2.45, 2.75) is 40.0 Å². The molecule has 0 spiro atoms. The number of nitrogens with zero attached hydrogens (tertiary/aromatic N) is 1. The number of aryl methyl sites for hydroxylation is 1. The highest BCUT2D eigenvalue weighted by molar-refractivity contribution is 5.95. The Morgan fingerprint density at radius 2 is 1.80 bits per heavy atom. The molecule has 2 aromatic rings. The Balaban J connectivity index is 2.08. The van der Waals surface area contributed by atoms with E-state index < -0.39 is 0 Å². The maximum Gasteiger partial charge on any atom is 0.226 e. The molecule has 2 amide bonds. The number of amides is 2. The third kappa shape index (κ3) is 5.18. The summed E-state index contributed by atoms with van der Waals surface area (Å²) in [5.41, 5.74) is 3.86. The van der Waals surface area contributed by atoms with Gasteiger partial charge in [-0.1, -0.05) is 44.2 Å². The standard InChI is InChI=1S/C21H26N2O2/c1-15(2)19-10-5-6-11-20(19)23(17(4)24)13-12-21(25)22-18-9-7-8-16(3)14-18/h5-11,14-15H,12-13H2,1-4H3,(H,22,25). The molecular formula is C21H26N2O2. The Morgan fingerprint density at radius 3 is 2.44 bits per heavy atom. The molecule has 4 nitrogen and oxygen atoms in total. The lowest BCUT2D eigenvalue weighted by atomic mass is 10.0. The first kappa shape index (κ1) is 18.7. The zero-order valence-corrected chi connectivity index (χ0v) is 15.4. The largest absolute Gasteiger partial charge is 0.326 e. The van der Waals surface area contributed by atoms with Crippen LogP contribution in [0.4, 0.5) is 11.4 Å². The number of hydrogen-bond acceptors (Lipinski definition) is 2. The van der Waals surface area contributed by atoms with Crippen molar-refractivity contribution in [2.24, 2.45) is 0 Å². The number of para-hydroxylation sites is 1. The summed E-state index contributed by atoms with van der Waals surface area (Å²) in [5, 5.41) is 2.89. The Kier molecular flexibility index (Phi) is 6.34. The third-order valence-corrected chi connectivity index (χ3v) is 4.09. The first-order chi connectivity index (χ1) is 11.9. The van der Waals surface area contributed by atoms with Gasteiger partial charge in [-0.2, -0.15) is 0 Å². The Bertz CT molecular complexity index is 753. The van der Waals surface area contributed by atoms with E-state index in [0.29, 0.717) is 12.5 Å². The van der Waals surface area contributed by atoms with Gasteiger partial charge < -0.3 is 10.2 Å². The highest BCUT2D eigenvalue weighted by Crippen LogP contribution is 2.27. The number of nitrogens with one attached hydrogen (secondary N) is 1. The smallest absolute Gasteiger partial charge is 0.226 e. The van der Waals surface area contributed by atoms with Gasteiger partial charge in [-0.05, 0) is 42.2 Å². The maximum absolute atomic E-state index is 12.3. The number of benzene rings is 2. The average Bonchev–Trinajstić information content (AvgIpc) is 2.55. The fraction of sp³-hybridized carbons (Fsp3) is 0.333. The van der Waals surface area contributed by atoms with Gasteiger partial charge in [0.2, 0.25) is 11.8 Å². The lowest BCUT2D eigenvalue weighted by Crippen LogP contribution is -2.32. The minimum atomic E-state index is -0.0983. The van der Waals surface area contributed by atoms with Crippen LogP contribution in [0.1, 0.15) is 44.2 Å². The number of carbonyl (C=O) groups excluding carboxylic acids is 2. The summed E-state index contributed by atoms with van der Waals surface area (Å²) in [4.78, 5) is 26.1. The highest BCUT2D eigenvalue weighted by Gasteiger charge is 2.17. The van der Waals surface area contributed by atoms with Gasteiger partial charge in [-0.25, -0.2) is 0 Å². The second kappa shape index (κ2) is 8.47. The van der Waals surface area contributed by atoms with Crippen molar-refractivity contribution in [3.63, 3.8) is 0 Å². The molecule has 4 heteroatoms. The molecule has 0 radical (unpaired) electrons. The summed E-state index contributed by atoms with van der Waals surface area (Å²) in [7, 11) is 0. The number of carbonyl (C=O) groups is 2. The van der Waals surface area contributed by atoms with Crippen LogP contribution in [-0.4, -0.2) is 18.4 Å². The van der Waals surface area contributed by atoms with Crippen LogP contribution in [0, 0.1) is 6.92 Å². The van der Waals surface area contributed by atoms with Crippen LogP contribution in [0.15, 0.2) is 48.5 Å². The Hall–Kier alpha value is -2.62. The molecule has 0 unspecified atom stereocenters. The van der Waals surface area contributed by atoms with E-state index in [9.17, 15) is 9.59 Å². The molecule has 0 bridgehead atoms. The van der Waals surface area contributed by atoms with Crippen molar-refractivity contribution in [3.05, 3.63) is 59.7 Å². The fourth-order valence-electron chi connectivity index (χ4n) is 2.83. The van der Waals surface area contributed by atoms with Crippen molar-refractivity contribution in [3.8, 4) is 0 Å². The van der Waals surface area contributed by atoms with Gasteiger partial charge in [-0.15, -0.1) is 0 Å². The zero-order chi connectivity index (χ0) is 18.4. The van der Waals surface area contributed by atoms with Gasteiger partial charge in [0, 0.05) is 31.3 Å². The molecule has 0 heterocycles. The third-order valence-electron chi connectivity index (χ3n) is 4.09. The summed E-state index contributed by atoms with van der Waals surface area (Å²) in [6, 6.07) is 15.5. The van der Waals surface area contributed by atoms with Crippen molar-refractivity contribution in [2.75, 3.05) is 16.8 Å². The van der Waals surface area contributed by atoms with Gasteiger partial charge in [0.1, 0.15) is 0 Å². The molecule has 0 aliphatic heterocycles. The quantitative estimate of drug-likeness (QED) is 0.843. The van der Waals surface area contributed by atoms with E-state index in [2.05, 4.69) is 19.2 Å². The summed E-state index contributed by atoms with van der Waals surface area (Å²) >= 11 is 0. The first-order valence-corrected chi connectivity index (χ1v) is 8.62. The van der Waals surface area contributed by atoms with Crippen LogP contribution in [0.25, 0.3) is 0 Å². The van der Waals surface area contributed by atoms with Crippen molar-refractivity contribution < 1.29 is 9.59 Å². The van der Waals surface area contributed by atoms with Gasteiger partial charge in [-0.3, -0.25) is 9.59 Å². The van der Waals surface area contributed by atoms with Gasteiger partial charge in [0.15, 0.2) is 0 Å². The average molecular weight is 338 g/mol. The molecule has 132 valence electrons. The lowest BCUT2D eigenvalue weighted by Gasteiger charge is -2.25. The molecular weight excluding hydrogens is 312 g/mol. The molecule has 0 atom stereocenters. The van der Waals surface area contributed by atoms with E-state index in [0.717, 1.165) is 22.5 Å². The van der Waals surface area contributed by atoms with E-state index in [1.54, 1.807) is 4.90 Å². The minimum Gasteiger partial charge on any atom is -0.326 e. The first-order valence-electron chi connectivity index (χ1n) is 8.62. The van der Waals surface area contributed by atoms with Crippen LogP contribution < -0.4 is 10.2 Å². The Labute approximate surface area is 149 Å². The predicted octanol–water partition coefficient (Wildman–Crippen LogP) is 4.50. The molecule has 0 aliphatic rings. The van der Waals surface area contributed by atoms with E-state index in [1.807, 2.05) is 55.5 Å². The van der Waals surface area contributed by atoms with E-state index >= 15 is 0 Å². The topological polar surface area (TPSA) is 49.4 Å². The minimum absolute atomic E-state index is 0.0588. The number of hydrogen-bond donors (Lipinski definition) is 1. The molecule has 25 heavy (non-hydrogen) atoms. The second-order valence-electron chi connectivity index (χ2n) is 6.55. The number of rotatable bonds is 6. The molecule has 0 saturated heterocycles. The van der Waals surface area contributed by atoms with E-state index in [1.165, 1.54) is 6.92 Å². The zero-order valence-electron chi connectivity index (χ0n) is 15.4.